The van der Waals surface area contributed by atoms with Gasteiger partial charge in [-0.15, -0.1) is 0 Å². The van der Waals surface area contributed by atoms with Crippen LogP contribution >= 0.6 is 0 Å². The van der Waals surface area contributed by atoms with Crippen LogP contribution in [0.5, 0.6) is 0 Å². The van der Waals surface area contributed by atoms with Gasteiger partial charge < -0.3 is 10.3 Å². The lowest BCUT2D eigenvalue weighted by Gasteiger charge is -2.23. The highest BCUT2D eigenvalue weighted by Crippen LogP contribution is 2.30. The van der Waals surface area contributed by atoms with E-state index in [4.69, 9.17) is 10.3 Å². The number of rotatable bonds is 2. The van der Waals surface area contributed by atoms with Gasteiger partial charge in [-0.3, -0.25) is 0 Å². The predicted octanol–water partition coefficient (Wildman–Crippen LogP) is 3.06. The van der Waals surface area contributed by atoms with Crippen LogP contribution in [0.15, 0.2) is 22.7 Å². The zero-order valence-corrected chi connectivity index (χ0v) is 10.9. The second-order valence-electron chi connectivity index (χ2n) is 5.46. The van der Waals surface area contributed by atoms with Crippen LogP contribution in [0.3, 0.4) is 0 Å². The van der Waals surface area contributed by atoms with E-state index in [2.05, 4.69) is 10.1 Å². The van der Waals surface area contributed by atoms with E-state index in [1.54, 1.807) is 0 Å². The summed E-state index contributed by atoms with van der Waals surface area (Å²) in [6, 6.07) is 2.61. The summed E-state index contributed by atoms with van der Waals surface area (Å²) in [5.74, 6) is -1.02. The van der Waals surface area contributed by atoms with E-state index >= 15 is 0 Å². The van der Waals surface area contributed by atoms with Gasteiger partial charge in [-0.2, -0.15) is 4.98 Å². The highest BCUT2D eigenvalue weighted by Gasteiger charge is 2.27. The first-order valence-electron chi connectivity index (χ1n) is 5.83. The summed E-state index contributed by atoms with van der Waals surface area (Å²) >= 11 is 0. The van der Waals surface area contributed by atoms with Crippen molar-refractivity contribution in [2.45, 2.75) is 26.8 Å². The smallest absolute Gasteiger partial charge is 0.244 e. The minimum atomic E-state index is -0.693. The van der Waals surface area contributed by atoms with Crippen LogP contribution in [0.4, 0.5) is 8.78 Å². The van der Waals surface area contributed by atoms with Gasteiger partial charge in [0.2, 0.25) is 11.7 Å². The first kappa shape index (κ1) is 13.6. The van der Waals surface area contributed by atoms with Crippen molar-refractivity contribution >= 4 is 0 Å². The third-order valence-corrected chi connectivity index (χ3v) is 2.76. The van der Waals surface area contributed by atoms with Gasteiger partial charge in [0, 0.05) is 11.6 Å². The van der Waals surface area contributed by atoms with Gasteiger partial charge in [0.25, 0.3) is 0 Å². The summed E-state index contributed by atoms with van der Waals surface area (Å²) < 4.78 is 31.3. The Kier molecular flexibility index (Phi) is 3.36. The summed E-state index contributed by atoms with van der Waals surface area (Å²) in [4.78, 5) is 4.09. The second kappa shape index (κ2) is 4.70. The van der Waals surface area contributed by atoms with Gasteiger partial charge in [-0.05, 0) is 17.5 Å². The monoisotopic (exact) mass is 267 g/mol. The molecule has 0 aliphatic heterocycles. The Bertz CT molecular complexity index is 570. The molecule has 0 spiro atoms. The lowest BCUT2D eigenvalue weighted by Crippen LogP contribution is -2.26. The molecule has 1 atom stereocenters. The Balaban J connectivity index is 2.36. The Labute approximate surface area is 109 Å². The average molecular weight is 267 g/mol. The molecule has 19 heavy (non-hydrogen) atoms. The lowest BCUT2D eigenvalue weighted by atomic mass is 9.87. The normalized spacial score (nSPS) is 13.6. The summed E-state index contributed by atoms with van der Waals surface area (Å²) in [6.45, 7) is 5.80. The van der Waals surface area contributed by atoms with Gasteiger partial charge >= 0.3 is 0 Å². The van der Waals surface area contributed by atoms with Gasteiger partial charge in [-0.1, -0.05) is 25.9 Å². The lowest BCUT2D eigenvalue weighted by molar-refractivity contribution is 0.253. The summed E-state index contributed by atoms with van der Waals surface area (Å²) in [5, 5.41) is 3.70. The fraction of sp³-hybridized carbons (Fsp3) is 0.385. The maximum Gasteiger partial charge on any atom is 0.244 e. The molecule has 1 heterocycles. The van der Waals surface area contributed by atoms with Crippen molar-refractivity contribution in [3.8, 4) is 11.4 Å². The maximum atomic E-state index is 13.1. The largest absolute Gasteiger partial charge is 0.337 e. The molecule has 4 nitrogen and oxygen atoms in total. The molecule has 1 aromatic carbocycles. The minimum absolute atomic E-state index is 0.119. The van der Waals surface area contributed by atoms with E-state index in [1.807, 2.05) is 20.8 Å². The van der Waals surface area contributed by atoms with E-state index < -0.39 is 17.7 Å². The zero-order valence-electron chi connectivity index (χ0n) is 10.9. The molecule has 0 saturated heterocycles. The van der Waals surface area contributed by atoms with Crippen molar-refractivity contribution in [2.24, 2.45) is 11.1 Å². The summed E-state index contributed by atoms with van der Waals surface area (Å²) in [7, 11) is 0. The van der Waals surface area contributed by atoms with Gasteiger partial charge in [0.15, 0.2) is 0 Å². The van der Waals surface area contributed by atoms with Crippen LogP contribution in [0.25, 0.3) is 11.4 Å². The Morgan fingerprint density at radius 2 is 1.74 bits per heavy atom. The van der Waals surface area contributed by atoms with Crippen LogP contribution in [-0.2, 0) is 0 Å². The number of halogens is 2. The van der Waals surface area contributed by atoms with Gasteiger partial charge in [0.1, 0.15) is 11.6 Å². The molecule has 0 saturated carbocycles. The fourth-order valence-electron chi connectivity index (χ4n) is 1.53. The zero-order chi connectivity index (χ0) is 14.2. The Hall–Kier alpha value is -1.82. The van der Waals surface area contributed by atoms with E-state index in [-0.39, 0.29) is 22.7 Å². The predicted molar refractivity (Wildman–Crippen MR) is 66.0 cm³/mol. The number of hydrogen-bond donors (Lipinski definition) is 1. The second-order valence-corrected chi connectivity index (χ2v) is 5.46. The molecule has 0 aliphatic carbocycles. The summed E-state index contributed by atoms with van der Waals surface area (Å²) in [5.41, 5.74) is 5.94. The van der Waals surface area contributed by atoms with Crippen LogP contribution in [0.2, 0.25) is 0 Å². The molecule has 102 valence electrons. The fourth-order valence-corrected chi connectivity index (χ4v) is 1.53. The number of hydrogen-bond acceptors (Lipinski definition) is 4. The molecule has 0 aliphatic rings. The molecule has 2 aromatic rings. The molecule has 1 aromatic heterocycles. The van der Waals surface area contributed by atoms with E-state index in [0.717, 1.165) is 18.2 Å². The topological polar surface area (TPSA) is 64.9 Å². The Morgan fingerprint density at radius 1 is 1.16 bits per heavy atom. The first-order valence-corrected chi connectivity index (χ1v) is 5.83. The van der Waals surface area contributed by atoms with Crippen LogP contribution in [0, 0.1) is 17.0 Å². The van der Waals surface area contributed by atoms with Crippen molar-refractivity contribution in [3.05, 3.63) is 35.7 Å². The third kappa shape index (κ3) is 2.96. The van der Waals surface area contributed by atoms with Crippen molar-refractivity contribution in [1.82, 2.24) is 10.1 Å². The highest BCUT2D eigenvalue weighted by atomic mass is 19.1. The SMILES string of the molecule is CC(C)(C)C(N)c1nc(-c2cc(F)cc(F)c2)no1. The molecular weight excluding hydrogens is 252 g/mol. The van der Waals surface area contributed by atoms with Crippen LogP contribution < -0.4 is 5.73 Å². The quantitative estimate of drug-likeness (QED) is 0.908. The Morgan fingerprint density at radius 3 is 2.26 bits per heavy atom. The van der Waals surface area contributed by atoms with E-state index in [1.165, 1.54) is 0 Å². The minimum Gasteiger partial charge on any atom is -0.337 e. The highest BCUT2D eigenvalue weighted by molar-refractivity contribution is 5.54. The molecule has 0 fully saturated rings. The molecule has 0 amide bonds. The molecule has 6 heteroatoms. The van der Waals surface area contributed by atoms with Crippen molar-refractivity contribution in [2.75, 3.05) is 0 Å². The first-order chi connectivity index (χ1) is 8.77. The molecule has 2 N–H and O–H groups in total. The van der Waals surface area contributed by atoms with Crippen molar-refractivity contribution < 1.29 is 13.3 Å². The average Bonchev–Trinajstić information content (AvgIpc) is 2.74. The molecule has 2 rings (SSSR count). The standard InChI is InChI=1S/C13H15F2N3O/c1-13(2,3)10(16)12-17-11(18-19-12)7-4-8(14)6-9(15)5-7/h4-6,10H,16H2,1-3H3. The van der Waals surface area contributed by atoms with Crippen LogP contribution in [-0.4, -0.2) is 10.1 Å². The number of nitrogens with two attached hydrogens (primary N) is 1. The van der Waals surface area contributed by atoms with E-state index in [9.17, 15) is 8.78 Å². The maximum absolute atomic E-state index is 13.1. The van der Waals surface area contributed by atoms with Gasteiger partial charge in [-0.25, -0.2) is 8.78 Å². The number of aromatic nitrogens is 2. The molecule has 0 bridgehead atoms. The van der Waals surface area contributed by atoms with Crippen molar-refractivity contribution in [3.63, 3.8) is 0 Å². The van der Waals surface area contributed by atoms with Crippen LogP contribution in [0.1, 0.15) is 32.7 Å². The van der Waals surface area contributed by atoms with Gasteiger partial charge in [0.05, 0.1) is 6.04 Å². The number of nitrogens with zero attached hydrogens (tertiary/aromatic N) is 2. The molecule has 1 unspecified atom stereocenters. The molecule has 0 radical (unpaired) electrons. The van der Waals surface area contributed by atoms with E-state index in [0.29, 0.717) is 0 Å². The summed E-state index contributed by atoms with van der Waals surface area (Å²) in [6.07, 6.45) is 0. The number of benzene rings is 1. The third-order valence-electron chi connectivity index (χ3n) is 2.76. The van der Waals surface area contributed by atoms with Crippen molar-refractivity contribution in [1.29, 1.82) is 0 Å². The molecular formula is C13H15F2N3O.